The number of aldehydes is 1. The third-order valence-corrected chi connectivity index (χ3v) is 2.91. The lowest BCUT2D eigenvalue weighted by Crippen LogP contribution is -2.12. The van der Waals surface area contributed by atoms with Gasteiger partial charge in [-0.2, -0.15) is 0 Å². The Balaban J connectivity index is 2.22. The van der Waals surface area contributed by atoms with Crippen molar-refractivity contribution < 1.29 is 14.3 Å². The summed E-state index contributed by atoms with van der Waals surface area (Å²) in [6, 6.07) is 12.0. The minimum absolute atomic E-state index is 0.244. The smallest absolute Gasteiger partial charge is 0.255 e. The largest absolute Gasteiger partial charge is 0.495 e. The third-order valence-electron chi connectivity index (χ3n) is 2.91. The van der Waals surface area contributed by atoms with E-state index >= 15 is 0 Å². The number of carbonyl (C=O) groups is 2. The maximum absolute atomic E-state index is 12.1. The summed E-state index contributed by atoms with van der Waals surface area (Å²) in [5, 5.41) is 2.80. The Labute approximate surface area is 117 Å². The number of hydrogen-bond donors (Lipinski definition) is 1. The summed E-state index contributed by atoms with van der Waals surface area (Å²) in [6.45, 7) is 1.94. The van der Waals surface area contributed by atoms with E-state index in [-0.39, 0.29) is 5.91 Å². The molecule has 0 aliphatic rings. The van der Waals surface area contributed by atoms with Gasteiger partial charge in [0.1, 0.15) is 12.0 Å². The Morgan fingerprint density at radius 3 is 2.45 bits per heavy atom. The lowest BCUT2D eigenvalue weighted by atomic mass is 10.1. The first kappa shape index (κ1) is 13.8. The Morgan fingerprint density at radius 1 is 1.15 bits per heavy atom. The van der Waals surface area contributed by atoms with E-state index in [2.05, 4.69) is 5.32 Å². The second-order valence-electron chi connectivity index (χ2n) is 4.40. The van der Waals surface area contributed by atoms with Crippen molar-refractivity contribution in [3.8, 4) is 5.75 Å². The fourth-order valence-electron chi connectivity index (χ4n) is 1.83. The monoisotopic (exact) mass is 269 g/mol. The molecule has 2 rings (SSSR count). The summed E-state index contributed by atoms with van der Waals surface area (Å²) in [5.74, 6) is 0.361. The number of carbonyl (C=O) groups excluding carboxylic acids is 2. The number of anilines is 1. The zero-order chi connectivity index (χ0) is 14.5. The van der Waals surface area contributed by atoms with Crippen LogP contribution < -0.4 is 10.1 Å². The van der Waals surface area contributed by atoms with Gasteiger partial charge in [0, 0.05) is 11.1 Å². The number of ether oxygens (including phenoxy) is 1. The molecule has 0 bridgehead atoms. The van der Waals surface area contributed by atoms with Gasteiger partial charge < -0.3 is 10.1 Å². The minimum Gasteiger partial charge on any atom is -0.495 e. The van der Waals surface area contributed by atoms with E-state index in [1.807, 2.05) is 19.1 Å². The van der Waals surface area contributed by atoms with Gasteiger partial charge in [-0.3, -0.25) is 9.59 Å². The molecule has 0 spiro atoms. The molecule has 0 unspecified atom stereocenters. The van der Waals surface area contributed by atoms with E-state index < -0.39 is 0 Å². The summed E-state index contributed by atoms with van der Waals surface area (Å²) >= 11 is 0. The van der Waals surface area contributed by atoms with Crippen molar-refractivity contribution in [1.82, 2.24) is 0 Å². The zero-order valence-electron chi connectivity index (χ0n) is 11.3. The number of methoxy groups -OCH3 is 1. The molecular weight excluding hydrogens is 254 g/mol. The highest BCUT2D eigenvalue weighted by Gasteiger charge is 2.09. The van der Waals surface area contributed by atoms with E-state index in [1.165, 1.54) is 0 Å². The van der Waals surface area contributed by atoms with Gasteiger partial charge in [-0.25, -0.2) is 0 Å². The van der Waals surface area contributed by atoms with Crippen LogP contribution in [-0.4, -0.2) is 19.3 Å². The van der Waals surface area contributed by atoms with Crippen LogP contribution in [-0.2, 0) is 0 Å². The maximum Gasteiger partial charge on any atom is 0.255 e. The molecule has 4 nitrogen and oxygen atoms in total. The second-order valence-corrected chi connectivity index (χ2v) is 4.40. The Hall–Kier alpha value is -2.62. The molecule has 1 N–H and O–H groups in total. The van der Waals surface area contributed by atoms with E-state index in [0.717, 1.165) is 11.8 Å². The standard InChI is InChI=1S/C16H15NO3/c1-11-3-8-15(20-2)14(9-11)17-16(19)13-6-4-12(10-18)5-7-13/h3-10H,1-2H3,(H,17,19). The molecule has 0 saturated carbocycles. The molecule has 0 saturated heterocycles. The highest BCUT2D eigenvalue weighted by molar-refractivity contribution is 6.05. The van der Waals surface area contributed by atoms with E-state index in [9.17, 15) is 9.59 Å². The van der Waals surface area contributed by atoms with Crippen LogP contribution in [0.4, 0.5) is 5.69 Å². The molecule has 0 fully saturated rings. The van der Waals surface area contributed by atoms with Crippen LogP contribution >= 0.6 is 0 Å². The average Bonchev–Trinajstić information content (AvgIpc) is 2.47. The van der Waals surface area contributed by atoms with Gasteiger partial charge >= 0.3 is 0 Å². The zero-order valence-corrected chi connectivity index (χ0v) is 11.3. The molecule has 2 aromatic carbocycles. The summed E-state index contributed by atoms with van der Waals surface area (Å²) < 4.78 is 5.21. The first-order valence-corrected chi connectivity index (χ1v) is 6.15. The number of rotatable bonds is 4. The van der Waals surface area contributed by atoms with Crippen LogP contribution in [0.1, 0.15) is 26.3 Å². The SMILES string of the molecule is COc1ccc(C)cc1NC(=O)c1ccc(C=O)cc1. The lowest BCUT2D eigenvalue weighted by Gasteiger charge is -2.11. The van der Waals surface area contributed by atoms with Crippen LogP contribution in [0.25, 0.3) is 0 Å². The van der Waals surface area contributed by atoms with Crippen LogP contribution in [0.3, 0.4) is 0 Å². The minimum atomic E-state index is -0.244. The van der Waals surface area contributed by atoms with Gasteiger partial charge in [0.05, 0.1) is 12.8 Å². The second kappa shape index (κ2) is 6.02. The van der Waals surface area contributed by atoms with E-state index in [1.54, 1.807) is 37.4 Å². The summed E-state index contributed by atoms with van der Waals surface area (Å²) in [6.07, 6.45) is 0.741. The summed E-state index contributed by atoms with van der Waals surface area (Å²) in [4.78, 5) is 22.7. The van der Waals surface area contributed by atoms with Crippen molar-refractivity contribution in [2.24, 2.45) is 0 Å². The fourth-order valence-corrected chi connectivity index (χ4v) is 1.83. The molecule has 1 amide bonds. The van der Waals surface area contributed by atoms with Crippen molar-refractivity contribution in [2.75, 3.05) is 12.4 Å². The highest BCUT2D eigenvalue weighted by Crippen LogP contribution is 2.25. The Kier molecular flexibility index (Phi) is 4.15. The third kappa shape index (κ3) is 3.03. The van der Waals surface area contributed by atoms with Gasteiger partial charge in [-0.1, -0.05) is 18.2 Å². The van der Waals surface area contributed by atoms with Crippen molar-refractivity contribution >= 4 is 17.9 Å². The van der Waals surface area contributed by atoms with Crippen LogP contribution in [0.15, 0.2) is 42.5 Å². The number of hydrogen-bond acceptors (Lipinski definition) is 3. The molecular formula is C16H15NO3. The van der Waals surface area contributed by atoms with Gasteiger partial charge in [-0.15, -0.1) is 0 Å². The van der Waals surface area contributed by atoms with E-state index in [4.69, 9.17) is 4.74 Å². The molecule has 0 heterocycles. The van der Waals surface area contributed by atoms with Gasteiger partial charge in [0.25, 0.3) is 5.91 Å². The van der Waals surface area contributed by atoms with Crippen molar-refractivity contribution in [2.45, 2.75) is 6.92 Å². The normalized spacial score (nSPS) is 9.90. The van der Waals surface area contributed by atoms with Crippen molar-refractivity contribution in [3.63, 3.8) is 0 Å². The molecule has 0 aromatic heterocycles. The number of benzene rings is 2. The first-order chi connectivity index (χ1) is 9.63. The number of nitrogens with one attached hydrogen (secondary N) is 1. The van der Waals surface area contributed by atoms with Crippen LogP contribution in [0.5, 0.6) is 5.75 Å². The fraction of sp³-hybridized carbons (Fsp3) is 0.125. The summed E-state index contributed by atoms with van der Waals surface area (Å²) in [5.41, 5.74) is 2.67. The molecule has 102 valence electrons. The first-order valence-electron chi connectivity index (χ1n) is 6.15. The Bertz CT molecular complexity index is 633. The predicted octanol–water partition coefficient (Wildman–Crippen LogP) is 3.07. The van der Waals surface area contributed by atoms with Gasteiger partial charge in [0.15, 0.2) is 0 Å². The Morgan fingerprint density at radius 2 is 1.85 bits per heavy atom. The topological polar surface area (TPSA) is 55.4 Å². The molecule has 0 radical (unpaired) electrons. The predicted molar refractivity (Wildman–Crippen MR) is 77.5 cm³/mol. The molecule has 0 aliphatic carbocycles. The molecule has 0 aliphatic heterocycles. The quantitative estimate of drug-likeness (QED) is 0.868. The molecule has 20 heavy (non-hydrogen) atoms. The van der Waals surface area contributed by atoms with Crippen LogP contribution in [0, 0.1) is 6.92 Å². The molecule has 2 aromatic rings. The maximum atomic E-state index is 12.1. The van der Waals surface area contributed by atoms with Gasteiger partial charge in [0.2, 0.25) is 0 Å². The highest BCUT2D eigenvalue weighted by atomic mass is 16.5. The van der Waals surface area contributed by atoms with Crippen molar-refractivity contribution in [1.29, 1.82) is 0 Å². The average molecular weight is 269 g/mol. The lowest BCUT2D eigenvalue weighted by molar-refractivity contribution is 0.102. The molecule has 0 atom stereocenters. The summed E-state index contributed by atoms with van der Waals surface area (Å²) in [7, 11) is 1.55. The van der Waals surface area contributed by atoms with E-state index in [0.29, 0.717) is 22.6 Å². The van der Waals surface area contributed by atoms with Crippen molar-refractivity contribution in [3.05, 3.63) is 59.2 Å². The van der Waals surface area contributed by atoms with Gasteiger partial charge in [-0.05, 0) is 36.8 Å². The number of amides is 1. The molecule has 4 heteroatoms. The number of aryl methyl sites for hydroxylation is 1. The van der Waals surface area contributed by atoms with Crippen LogP contribution in [0.2, 0.25) is 0 Å².